The third kappa shape index (κ3) is 6.93. The van der Waals surface area contributed by atoms with Crippen molar-refractivity contribution in [3.8, 4) is 0 Å². The molecule has 5 fully saturated rings. The van der Waals surface area contributed by atoms with Gasteiger partial charge in [-0.2, -0.15) is 0 Å². The lowest BCUT2D eigenvalue weighted by Crippen LogP contribution is -2.66. The normalized spacial score (nSPS) is 36.8. The van der Waals surface area contributed by atoms with Crippen molar-refractivity contribution in [3.63, 3.8) is 0 Å². The number of benzene rings is 1. The highest BCUT2D eigenvalue weighted by molar-refractivity contribution is 5.88. The van der Waals surface area contributed by atoms with Crippen molar-refractivity contribution in [2.75, 3.05) is 52.6 Å². The number of carboxylic acid groups (broad SMARTS) is 1. The fourth-order valence-electron chi connectivity index (χ4n) is 14.7. The molecule has 9 unspecified atom stereocenters. The molecule has 5 aliphatic carbocycles. The minimum Gasteiger partial charge on any atom is -0.478 e. The van der Waals surface area contributed by atoms with Gasteiger partial charge in [0.2, 0.25) is 5.91 Å². The highest BCUT2D eigenvalue weighted by Crippen LogP contribution is 2.77. The van der Waals surface area contributed by atoms with Crippen LogP contribution in [-0.4, -0.2) is 84.0 Å². The lowest BCUT2D eigenvalue weighted by Gasteiger charge is -2.72. The molecule has 8 rings (SSSR count). The molecule has 9 atom stereocenters. The molecule has 2 N–H and O–H groups in total. The van der Waals surface area contributed by atoms with Crippen LogP contribution in [0, 0.1) is 56.7 Å². The van der Waals surface area contributed by atoms with Crippen molar-refractivity contribution >= 4 is 17.4 Å². The second-order valence-electron chi connectivity index (χ2n) is 20.5. The summed E-state index contributed by atoms with van der Waals surface area (Å²) < 4.78 is 14.0. The van der Waals surface area contributed by atoms with E-state index in [9.17, 15) is 14.7 Å². The van der Waals surface area contributed by atoms with E-state index in [2.05, 4.69) is 60.5 Å². The van der Waals surface area contributed by atoms with Crippen LogP contribution in [-0.2, 0) is 20.8 Å². The van der Waals surface area contributed by atoms with E-state index < -0.39 is 5.97 Å². The van der Waals surface area contributed by atoms with Crippen LogP contribution in [0.3, 0.4) is 0 Å². The SMILES string of the molecule is C=C(COCCN1CCOCC1)C1CCC2(C(=O)NCCCn3ccnc3)CCC3(C)C(CCC4C5(C)CC=C(c6ccc(C(=O)O)cc6)C(C)(C)C5CCC43C)C12. The van der Waals surface area contributed by atoms with Gasteiger partial charge < -0.3 is 24.5 Å². The zero-order chi connectivity index (χ0) is 40.9. The molecule has 0 spiro atoms. The number of morpholine rings is 1. The number of carboxylic acids is 1. The Bertz CT molecular complexity index is 1850. The van der Waals surface area contributed by atoms with Crippen LogP contribution in [0.1, 0.15) is 115 Å². The van der Waals surface area contributed by atoms with Gasteiger partial charge in [-0.1, -0.05) is 59.4 Å². The van der Waals surface area contributed by atoms with Crippen molar-refractivity contribution in [1.29, 1.82) is 0 Å². The van der Waals surface area contributed by atoms with Gasteiger partial charge in [0.15, 0.2) is 0 Å². The van der Waals surface area contributed by atoms with Crippen LogP contribution in [0.15, 0.2) is 61.2 Å². The summed E-state index contributed by atoms with van der Waals surface area (Å²) in [5.41, 5.74) is 4.07. The first-order chi connectivity index (χ1) is 27.7. The maximum Gasteiger partial charge on any atom is 0.335 e. The Labute approximate surface area is 347 Å². The number of allylic oxidation sites excluding steroid dienone is 2. The smallest absolute Gasteiger partial charge is 0.335 e. The number of aromatic nitrogens is 2. The van der Waals surface area contributed by atoms with E-state index in [0.29, 0.717) is 43.1 Å². The van der Waals surface area contributed by atoms with Crippen LogP contribution in [0.4, 0.5) is 0 Å². The third-order valence-electron chi connectivity index (χ3n) is 17.8. The maximum absolute atomic E-state index is 14.8. The van der Waals surface area contributed by atoms with Gasteiger partial charge in [-0.25, -0.2) is 9.78 Å². The number of carbonyl (C=O) groups excluding carboxylic acids is 1. The number of aryl methyl sites for hydroxylation is 1. The summed E-state index contributed by atoms with van der Waals surface area (Å²) in [7, 11) is 0. The topological polar surface area (TPSA) is 106 Å². The van der Waals surface area contributed by atoms with Gasteiger partial charge in [0.25, 0.3) is 0 Å². The summed E-state index contributed by atoms with van der Waals surface area (Å²) in [6.07, 6.45) is 18.9. The highest BCUT2D eigenvalue weighted by atomic mass is 16.5. The number of amides is 1. The van der Waals surface area contributed by atoms with Crippen LogP contribution in [0.2, 0.25) is 0 Å². The van der Waals surface area contributed by atoms with Crippen molar-refractivity contribution in [3.05, 3.63) is 72.3 Å². The molecule has 9 nitrogen and oxygen atoms in total. The van der Waals surface area contributed by atoms with E-state index in [0.717, 1.165) is 89.9 Å². The third-order valence-corrected chi connectivity index (χ3v) is 17.8. The summed E-state index contributed by atoms with van der Waals surface area (Å²) in [6, 6.07) is 7.56. The van der Waals surface area contributed by atoms with Crippen molar-refractivity contribution in [2.45, 2.75) is 105 Å². The molecule has 1 aromatic heterocycles. The fraction of sp³-hybridized carbons (Fsp3) is 0.694. The number of ether oxygens (including phenoxy) is 2. The first-order valence-corrected chi connectivity index (χ1v) is 22.6. The van der Waals surface area contributed by atoms with E-state index in [1.807, 2.05) is 30.9 Å². The number of rotatable bonds is 13. The van der Waals surface area contributed by atoms with E-state index in [4.69, 9.17) is 16.1 Å². The van der Waals surface area contributed by atoms with Gasteiger partial charge in [-0.15, -0.1) is 0 Å². The Morgan fingerprint density at radius 2 is 1.72 bits per heavy atom. The minimum absolute atomic E-state index is 0.0371. The number of imidazole rings is 1. The fourth-order valence-corrected chi connectivity index (χ4v) is 14.7. The standard InChI is InChI=1S/C49H70N4O5/c1-34(32-58-31-28-52-26-29-57-30-27-52)37-14-19-49(44(56)51-22-7-24-53-25-23-50-33-53)21-20-47(5)39(42(37)49)12-13-41-46(4)17-15-38(35-8-10-36(11-9-35)43(54)55)45(2,3)40(46)16-18-48(41,47)6/h8-11,15,23,25,33,37,39-42H,1,7,12-14,16-22,24,26-32H2,2-6H3,(H,51,56)(H,54,55). The quantitative estimate of drug-likeness (QED) is 0.154. The van der Waals surface area contributed by atoms with Crippen molar-refractivity contribution in [2.24, 2.45) is 56.7 Å². The number of nitrogens with one attached hydrogen (secondary N) is 1. The molecule has 316 valence electrons. The molecule has 0 bridgehead atoms. The number of fused-ring (bicyclic) bond motifs is 7. The van der Waals surface area contributed by atoms with Crippen LogP contribution >= 0.6 is 0 Å². The Hall–Kier alpha value is -3.27. The molecule has 1 saturated heterocycles. The predicted molar refractivity (Wildman–Crippen MR) is 228 cm³/mol. The lowest BCUT2D eigenvalue weighted by molar-refractivity contribution is -0.225. The molecular formula is C49H70N4O5. The molecule has 4 saturated carbocycles. The Balaban J connectivity index is 1.04. The van der Waals surface area contributed by atoms with Gasteiger partial charge >= 0.3 is 5.97 Å². The van der Waals surface area contributed by atoms with E-state index in [1.165, 1.54) is 30.4 Å². The number of carbonyl (C=O) groups is 2. The first kappa shape index (κ1) is 41.5. The second kappa shape index (κ2) is 16.0. The molecule has 2 aromatic rings. The van der Waals surface area contributed by atoms with Gasteiger partial charge in [-0.05, 0) is 144 Å². The zero-order valence-corrected chi connectivity index (χ0v) is 36.1. The predicted octanol–water partition coefficient (Wildman–Crippen LogP) is 8.77. The lowest BCUT2D eigenvalue weighted by atomic mass is 9.32. The van der Waals surface area contributed by atoms with Gasteiger partial charge in [0.1, 0.15) is 0 Å². The van der Waals surface area contributed by atoms with Crippen LogP contribution < -0.4 is 5.32 Å². The molecule has 2 heterocycles. The van der Waals surface area contributed by atoms with Crippen molar-refractivity contribution in [1.82, 2.24) is 19.8 Å². The Morgan fingerprint density at radius 3 is 2.45 bits per heavy atom. The number of hydrogen-bond donors (Lipinski definition) is 2. The molecule has 1 amide bonds. The van der Waals surface area contributed by atoms with E-state index in [-0.39, 0.29) is 44.8 Å². The number of nitrogens with zero attached hydrogens (tertiary/aromatic N) is 3. The Kier molecular flexibility index (Phi) is 11.4. The molecular weight excluding hydrogens is 725 g/mol. The average Bonchev–Trinajstić information content (AvgIpc) is 3.88. The van der Waals surface area contributed by atoms with Crippen LogP contribution in [0.5, 0.6) is 0 Å². The van der Waals surface area contributed by atoms with Gasteiger partial charge in [-0.3, -0.25) is 9.69 Å². The largest absolute Gasteiger partial charge is 0.478 e. The van der Waals surface area contributed by atoms with Crippen LogP contribution in [0.25, 0.3) is 5.57 Å². The Morgan fingerprint density at radius 1 is 0.948 bits per heavy atom. The monoisotopic (exact) mass is 795 g/mol. The van der Waals surface area contributed by atoms with Gasteiger partial charge in [0, 0.05) is 45.1 Å². The first-order valence-electron chi connectivity index (χ1n) is 22.6. The summed E-state index contributed by atoms with van der Waals surface area (Å²) >= 11 is 0. The zero-order valence-electron chi connectivity index (χ0n) is 36.1. The summed E-state index contributed by atoms with van der Waals surface area (Å²) in [5.74, 6) is 1.51. The minimum atomic E-state index is -0.880. The molecule has 0 radical (unpaired) electrons. The summed E-state index contributed by atoms with van der Waals surface area (Å²) in [5, 5.41) is 13.0. The van der Waals surface area contributed by atoms with Crippen molar-refractivity contribution < 1.29 is 24.2 Å². The van der Waals surface area contributed by atoms with Gasteiger partial charge in [0.05, 0.1) is 43.7 Å². The summed E-state index contributed by atoms with van der Waals surface area (Å²) in [4.78, 5) is 33.0. The number of aromatic carboxylic acids is 1. The molecule has 1 aromatic carbocycles. The number of hydrogen-bond acceptors (Lipinski definition) is 6. The second-order valence-corrected chi connectivity index (χ2v) is 20.5. The van der Waals surface area contributed by atoms with E-state index in [1.54, 1.807) is 12.1 Å². The molecule has 6 aliphatic rings. The highest BCUT2D eigenvalue weighted by Gasteiger charge is 2.71. The molecule has 1 aliphatic heterocycles. The average molecular weight is 795 g/mol. The maximum atomic E-state index is 14.8. The molecule has 58 heavy (non-hydrogen) atoms. The van der Waals surface area contributed by atoms with E-state index >= 15 is 0 Å². The molecule has 9 heteroatoms. The summed E-state index contributed by atoms with van der Waals surface area (Å²) in [6.45, 7) is 24.8.